The van der Waals surface area contributed by atoms with E-state index in [1.165, 1.54) is 0 Å². The van der Waals surface area contributed by atoms with E-state index in [2.05, 4.69) is 38.4 Å². The van der Waals surface area contributed by atoms with Crippen molar-refractivity contribution < 1.29 is 17.9 Å². The minimum absolute atomic E-state index is 0.0573. The number of hydrogen-bond donors (Lipinski definition) is 0. The topological polar surface area (TPSA) is 52.6 Å². The van der Waals surface area contributed by atoms with E-state index in [-0.39, 0.29) is 10.8 Å². The van der Waals surface area contributed by atoms with Crippen LogP contribution in [-0.2, 0) is 19.3 Å². The van der Waals surface area contributed by atoms with E-state index >= 15 is 0 Å². The van der Waals surface area contributed by atoms with Gasteiger partial charge in [0.15, 0.2) is 5.44 Å². The molecule has 0 bridgehead atoms. The second-order valence-electron chi connectivity index (χ2n) is 6.11. The number of ether oxygens (including phenoxy) is 2. The van der Waals surface area contributed by atoms with Crippen LogP contribution in [0.15, 0.2) is 57.9 Å². The zero-order valence-electron chi connectivity index (χ0n) is 15.5. The molecule has 0 radical (unpaired) electrons. The molecular formula is C19H26Br2O4S. The molecule has 0 spiro atoms. The number of methoxy groups -OCH3 is 1. The predicted molar refractivity (Wildman–Crippen MR) is 113 cm³/mol. The normalized spacial score (nSPS) is 17.4. The van der Waals surface area contributed by atoms with Crippen molar-refractivity contribution in [3.05, 3.63) is 53.0 Å². The third kappa shape index (κ3) is 6.30. The monoisotopic (exact) mass is 508 g/mol. The quantitative estimate of drug-likeness (QED) is 0.324. The second kappa shape index (κ2) is 10.8. The van der Waals surface area contributed by atoms with Crippen molar-refractivity contribution >= 4 is 41.7 Å². The lowest BCUT2D eigenvalue weighted by Crippen LogP contribution is -2.39. The van der Waals surface area contributed by atoms with Crippen molar-refractivity contribution in [2.24, 2.45) is 5.92 Å². The Morgan fingerprint density at radius 3 is 2.31 bits per heavy atom. The summed E-state index contributed by atoms with van der Waals surface area (Å²) in [7, 11) is -2.07. The van der Waals surface area contributed by atoms with Crippen molar-refractivity contribution in [3.8, 4) is 0 Å². The van der Waals surface area contributed by atoms with Gasteiger partial charge in [0.2, 0.25) is 9.84 Å². The highest BCUT2D eigenvalue weighted by atomic mass is 79.9. The Balaban J connectivity index is 3.12. The summed E-state index contributed by atoms with van der Waals surface area (Å²) in [6.07, 6.45) is 2.78. The maximum absolute atomic E-state index is 12.8. The Kier molecular flexibility index (Phi) is 9.75. The predicted octanol–water partition coefficient (Wildman–Crippen LogP) is 5.13. The third-order valence-corrected chi connectivity index (χ3v) is 7.36. The molecule has 1 aromatic carbocycles. The van der Waals surface area contributed by atoms with E-state index < -0.39 is 27.5 Å². The van der Waals surface area contributed by atoms with Gasteiger partial charge in [0.05, 0.1) is 11.0 Å². The molecule has 26 heavy (non-hydrogen) atoms. The van der Waals surface area contributed by atoms with E-state index in [1.807, 2.05) is 19.9 Å². The van der Waals surface area contributed by atoms with E-state index in [0.29, 0.717) is 0 Å². The van der Waals surface area contributed by atoms with Crippen LogP contribution in [0.5, 0.6) is 0 Å². The Labute approximate surface area is 173 Å². The summed E-state index contributed by atoms with van der Waals surface area (Å²) in [5, 5.41) is 0.739. The van der Waals surface area contributed by atoms with Gasteiger partial charge in [0, 0.05) is 22.8 Å². The first kappa shape index (κ1) is 23.6. The van der Waals surface area contributed by atoms with Crippen molar-refractivity contribution in [2.45, 2.75) is 43.3 Å². The number of sulfone groups is 1. The maximum atomic E-state index is 12.8. The highest BCUT2D eigenvalue weighted by Gasteiger charge is 2.32. The lowest BCUT2D eigenvalue weighted by Gasteiger charge is -2.30. The minimum Gasteiger partial charge on any atom is -0.375 e. The molecule has 0 fully saturated rings. The Morgan fingerprint density at radius 2 is 1.85 bits per heavy atom. The molecule has 0 aliphatic carbocycles. The second-order valence-corrected chi connectivity index (χ2v) is 9.81. The van der Waals surface area contributed by atoms with Crippen LogP contribution in [0.2, 0.25) is 0 Å². The molecule has 146 valence electrons. The number of benzene rings is 1. The van der Waals surface area contributed by atoms with Crippen molar-refractivity contribution in [1.82, 2.24) is 0 Å². The van der Waals surface area contributed by atoms with Gasteiger partial charge in [-0.05, 0) is 38.1 Å². The lowest BCUT2D eigenvalue weighted by atomic mass is 9.97. The fraction of sp³-hybridized carbons (Fsp3) is 0.474. The summed E-state index contributed by atoms with van der Waals surface area (Å²) in [6, 6.07) is 6.52. The number of halogens is 2. The third-order valence-electron chi connectivity index (χ3n) is 4.03. The molecule has 7 heteroatoms. The smallest absolute Gasteiger partial charge is 0.204 e. The van der Waals surface area contributed by atoms with Gasteiger partial charge in [-0.2, -0.15) is 0 Å². The molecule has 1 aromatic rings. The van der Waals surface area contributed by atoms with Crippen LogP contribution < -0.4 is 0 Å². The molecule has 0 aliphatic heterocycles. The zero-order chi connectivity index (χ0) is 19.9. The van der Waals surface area contributed by atoms with Crippen LogP contribution in [0.3, 0.4) is 0 Å². The number of hydrogen-bond acceptors (Lipinski definition) is 4. The van der Waals surface area contributed by atoms with Gasteiger partial charge in [-0.3, -0.25) is 0 Å². The molecule has 0 saturated heterocycles. The number of allylic oxidation sites excluding steroid dienone is 1. The Morgan fingerprint density at radius 1 is 1.27 bits per heavy atom. The van der Waals surface area contributed by atoms with Crippen molar-refractivity contribution in [1.29, 1.82) is 0 Å². The summed E-state index contributed by atoms with van der Waals surface area (Å²) in [6.45, 7) is 9.31. The fourth-order valence-electron chi connectivity index (χ4n) is 2.56. The summed E-state index contributed by atoms with van der Waals surface area (Å²) < 4.78 is 38.0. The summed E-state index contributed by atoms with van der Waals surface area (Å²) >= 11 is 6.73. The molecule has 0 heterocycles. The Bertz CT molecular complexity index is 714. The van der Waals surface area contributed by atoms with Crippen LogP contribution in [0.1, 0.15) is 20.8 Å². The molecule has 0 aliphatic rings. The first-order valence-corrected chi connectivity index (χ1v) is 11.7. The van der Waals surface area contributed by atoms with Gasteiger partial charge < -0.3 is 9.47 Å². The van der Waals surface area contributed by atoms with Gasteiger partial charge in [0.25, 0.3) is 0 Å². The molecule has 0 saturated carbocycles. The Hall–Kier alpha value is -0.470. The standard InChI is InChI=1S/C19H26Br2O4S/c1-6-18(24-5)19(14(3)11-13(2)12-20)25-15(4)26(22,23)17-9-7-16(21)8-10-17/h6-11,14-15,18-19H,1,12H2,2-5H3/b13-11-/t14-,15?,18+,19+/m1/s1. The molecule has 0 amide bonds. The molecule has 0 aromatic heterocycles. The van der Waals surface area contributed by atoms with Crippen LogP contribution in [0.4, 0.5) is 0 Å². The van der Waals surface area contributed by atoms with Gasteiger partial charge in [-0.15, -0.1) is 6.58 Å². The van der Waals surface area contributed by atoms with E-state index in [4.69, 9.17) is 9.47 Å². The number of rotatable bonds is 10. The number of alkyl halides is 1. The summed E-state index contributed by atoms with van der Waals surface area (Å²) in [5.74, 6) is -0.0573. The van der Waals surface area contributed by atoms with Gasteiger partial charge in [-0.1, -0.05) is 56.5 Å². The van der Waals surface area contributed by atoms with Crippen LogP contribution in [-0.4, -0.2) is 38.5 Å². The highest BCUT2D eigenvalue weighted by molar-refractivity contribution is 9.10. The van der Waals surface area contributed by atoms with Gasteiger partial charge in [0.1, 0.15) is 6.10 Å². The lowest BCUT2D eigenvalue weighted by molar-refractivity contribution is -0.0607. The first-order valence-electron chi connectivity index (χ1n) is 8.20. The van der Waals surface area contributed by atoms with Gasteiger partial charge in [-0.25, -0.2) is 8.42 Å². The highest BCUT2D eigenvalue weighted by Crippen LogP contribution is 2.25. The zero-order valence-corrected chi connectivity index (χ0v) is 19.5. The van der Waals surface area contributed by atoms with E-state index in [1.54, 1.807) is 44.4 Å². The molecule has 4 atom stereocenters. The van der Waals surface area contributed by atoms with Crippen LogP contribution >= 0.6 is 31.9 Å². The van der Waals surface area contributed by atoms with Gasteiger partial charge >= 0.3 is 0 Å². The largest absolute Gasteiger partial charge is 0.375 e. The fourth-order valence-corrected chi connectivity index (χ4v) is 4.19. The first-order chi connectivity index (χ1) is 12.2. The minimum atomic E-state index is -3.63. The molecular weight excluding hydrogens is 484 g/mol. The average Bonchev–Trinajstić information content (AvgIpc) is 2.61. The van der Waals surface area contributed by atoms with Crippen LogP contribution in [0, 0.1) is 5.92 Å². The SMILES string of the molecule is C=C[C@H](OC)[C@@H](OC(C)S(=O)(=O)c1ccc(Br)cc1)[C@H](C)/C=C(/C)CBr. The molecule has 1 rings (SSSR count). The maximum Gasteiger partial charge on any atom is 0.204 e. The molecule has 0 N–H and O–H groups in total. The summed E-state index contributed by atoms with van der Waals surface area (Å²) in [5.41, 5.74) is 0.111. The van der Waals surface area contributed by atoms with E-state index in [0.717, 1.165) is 15.4 Å². The average molecular weight is 510 g/mol. The van der Waals surface area contributed by atoms with Crippen molar-refractivity contribution in [2.75, 3.05) is 12.4 Å². The molecule has 1 unspecified atom stereocenters. The van der Waals surface area contributed by atoms with Crippen LogP contribution in [0.25, 0.3) is 0 Å². The summed E-state index contributed by atoms with van der Waals surface area (Å²) in [4.78, 5) is 0.222. The van der Waals surface area contributed by atoms with E-state index in [9.17, 15) is 8.42 Å². The van der Waals surface area contributed by atoms with Crippen molar-refractivity contribution in [3.63, 3.8) is 0 Å². The molecule has 4 nitrogen and oxygen atoms in total.